The number of carbonyl (C=O) groups excluding carboxylic acids is 1. The second-order valence-corrected chi connectivity index (χ2v) is 4.68. The van der Waals surface area contributed by atoms with Gasteiger partial charge in [0.25, 0.3) is 0 Å². The fraction of sp³-hybridized carbons (Fsp3) is 0.500. The van der Waals surface area contributed by atoms with Gasteiger partial charge in [0.1, 0.15) is 6.61 Å². The third-order valence-electron chi connectivity index (χ3n) is 3.15. The molecule has 1 fully saturated rings. The zero-order valence-electron chi connectivity index (χ0n) is 11.0. The monoisotopic (exact) mass is 265 g/mol. The van der Waals surface area contributed by atoms with E-state index in [1.165, 1.54) is 0 Å². The van der Waals surface area contributed by atoms with Gasteiger partial charge in [0.05, 0.1) is 31.9 Å². The molecular weight excluding hydrogens is 246 g/mol. The van der Waals surface area contributed by atoms with Crippen molar-refractivity contribution in [1.82, 2.24) is 4.90 Å². The van der Waals surface area contributed by atoms with Crippen LogP contribution in [-0.2, 0) is 16.1 Å². The third kappa shape index (κ3) is 3.68. The minimum absolute atomic E-state index is 0.0360. The number of aliphatic hydroxyl groups excluding tert-OH is 1. The maximum atomic E-state index is 12.0. The molecule has 5 nitrogen and oxygen atoms in total. The molecule has 1 saturated heterocycles. The molecule has 2 rings (SSSR count). The van der Waals surface area contributed by atoms with Crippen LogP contribution in [0.5, 0.6) is 0 Å². The first-order valence-electron chi connectivity index (χ1n) is 6.40. The topological polar surface area (TPSA) is 59.0 Å². The molecule has 0 radical (unpaired) electrons. The Labute approximate surface area is 112 Å². The zero-order valence-corrected chi connectivity index (χ0v) is 11.0. The predicted molar refractivity (Wildman–Crippen MR) is 69.6 cm³/mol. The molecule has 0 spiro atoms. The summed E-state index contributed by atoms with van der Waals surface area (Å²) in [6, 6.07) is 9.51. The summed E-state index contributed by atoms with van der Waals surface area (Å²) in [5, 5.41) is 9.08. The molecule has 1 aliphatic rings. The zero-order chi connectivity index (χ0) is 13.7. The summed E-state index contributed by atoms with van der Waals surface area (Å²) in [5.74, 6) is 0. The second-order valence-electron chi connectivity index (χ2n) is 4.68. The van der Waals surface area contributed by atoms with E-state index in [0.29, 0.717) is 13.2 Å². The SMILES string of the molecule is CC1COC(CO)CN1C(=O)OCc1ccccc1. The van der Waals surface area contributed by atoms with Crippen LogP contribution in [0.1, 0.15) is 12.5 Å². The van der Waals surface area contributed by atoms with Crippen LogP contribution in [0.25, 0.3) is 0 Å². The van der Waals surface area contributed by atoms with Crippen molar-refractivity contribution in [2.75, 3.05) is 19.8 Å². The highest BCUT2D eigenvalue weighted by Crippen LogP contribution is 2.13. The van der Waals surface area contributed by atoms with Crippen molar-refractivity contribution in [3.05, 3.63) is 35.9 Å². The van der Waals surface area contributed by atoms with Crippen molar-refractivity contribution in [2.24, 2.45) is 0 Å². The first kappa shape index (κ1) is 13.8. The molecule has 1 N–H and O–H groups in total. The molecule has 1 aliphatic heterocycles. The molecule has 0 bridgehead atoms. The number of amides is 1. The van der Waals surface area contributed by atoms with Crippen LogP contribution in [-0.4, -0.2) is 48.0 Å². The van der Waals surface area contributed by atoms with Gasteiger partial charge in [-0.15, -0.1) is 0 Å². The minimum atomic E-state index is -0.363. The van der Waals surface area contributed by atoms with Crippen LogP contribution in [0.4, 0.5) is 4.79 Å². The number of rotatable bonds is 3. The molecular formula is C14H19NO4. The quantitative estimate of drug-likeness (QED) is 0.897. The van der Waals surface area contributed by atoms with E-state index in [9.17, 15) is 4.79 Å². The van der Waals surface area contributed by atoms with E-state index in [-0.39, 0.29) is 31.5 Å². The predicted octanol–water partition coefficient (Wildman–Crippen LogP) is 1.40. The van der Waals surface area contributed by atoms with Gasteiger partial charge in [-0.1, -0.05) is 30.3 Å². The van der Waals surface area contributed by atoms with Crippen LogP contribution in [0.3, 0.4) is 0 Å². The van der Waals surface area contributed by atoms with Crippen molar-refractivity contribution in [3.8, 4) is 0 Å². The summed E-state index contributed by atoms with van der Waals surface area (Å²) in [6.45, 7) is 2.86. The van der Waals surface area contributed by atoms with Crippen LogP contribution in [0.15, 0.2) is 30.3 Å². The van der Waals surface area contributed by atoms with Gasteiger partial charge in [0.2, 0.25) is 0 Å². The summed E-state index contributed by atoms with van der Waals surface area (Å²) >= 11 is 0. The Morgan fingerprint density at radius 1 is 1.47 bits per heavy atom. The van der Waals surface area contributed by atoms with Crippen molar-refractivity contribution < 1.29 is 19.4 Å². The molecule has 2 atom stereocenters. The van der Waals surface area contributed by atoms with E-state index in [1.54, 1.807) is 4.90 Å². The molecule has 104 valence electrons. The number of nitrogens with zero attached hydrogens (tertiary/aromatic N) is 1. The van der Waals surface area contributed by atoms with Crippen LogP contribution in [0, 0.1) is 0 Å². The lowest BCUT2D eigenvalue weighted by Gasteiger charge is -2.36. The fourth-order valence-corrected chi connectivity index (χ4v) is 1.98. The van der Waals surface area contributed by atoms with E-state index < -0.39 is 0 Å². The number of aliphatic hydroxyl groups is 1. The van der Waals surface area contributed by atoms with Crippen LogP contribution in [0.2, 0.25) is 0 Å². The summed E-state index contributed by atoms with van der Waals surface area (Å²) in [6.07, 6.45) is -0.682. The Kier molecular flexibility index (Phi) is 4.76. The number of hydrogen-bond donors (Lipinski definition) is 1. The normalized spacial score (nSPS) is 23.2. The van der Waals surface area contributed by atoms with E-state index in [0.717, 1.165) is 5.56 Å². The highest BCUT2D eigenvalue weighted by atomic mass is 16.6. The molecule has 1 heterocycles. The summed E-state index contributed by atoms with van der Waals surface area (Å²) in [4.78, 5) is 13.6. The molecule has 0 aromatic heterocycles. The van der Waals surface area contributed by atoms with Crippen molar-refractivity contribution in [2.45, 2.75) is 25.7 Å². The minimum Gasteiger partial charge on any atom is -0.445 e. The maximum absolute atomic E-state index is 12.0. The number of morpholine rings is 1. The first-order chi connectivity index (χ1) is 9.20. The highest BCUT2D eigenvalue weighted by molar-refractivity contribution is 5.68. The van der Waals surface area contributed by atoms with E-state index in [2.05, 4.69) is 0 Å². The van der Waals surface area contributed by atoms with Gasteiger partial charge in [0, 0.05) is 0 Å². The molecule has 19 heavy (non-hydrogen) atoms. The molecule has 0 saturated carbocycles. The van der Waals surface area contributed by atoms with Gasteiger partial charge in [-0.2, -0.15) is 0 Å². The second kappa shape index (κ2) is 6.54. The Morgan fingerprint density at radius 3 is 2.89 bits per heavy atom. The van der Waals surface area contributed by atoms with Crippen molar-refractivity contribution in [3.63, 3.8) is 0 Å². The average Bonchev–Trinajstić information content (AvgIpc) is 2.46. The molecule has 2 unspecified atom stereocenters. The number of carbonyl (C=O) groups is 1. The highest BCUT2D eigenvalue weighted by Gasteiger charge is 2.30. The Hall–Kier alpha value is -1.59. The Balaban J connectivity index is 1.88. The van der Waals surface area contributed by atoms with E-state index in [1.807, 2.05) is 37.3 Å². The summed E-state index contributed by atoms with van der Waals surface area (Å²) < 4.78 is 10.7. The number of benzene rings is 1. The lowest BCUT2D eigenvalue weighted by molar-refractivity contribution is -0.0729. The molecule has 1 aromatic carbocycles. The van der Waals surface area contributed by atoms with Crippen molar-refractivity contribution in [1.29, 1.82) is 0 Å². The number of ether oxygens (including phenoxy) is 2. The summed E-state index contributed by atoms with van der Waals surface area (Å²) in [5.41, 5.74) is 0.954. The van der Waals surface area contributed by atoms with Gasteiger partial charge in [-0.05, 0) is 12.5 Å². The molecule has 5 heteroatoms. The molecule has 1 aromatic rings. The molecule has 1 amide bonds. The summed E-state index contributed by atoms with van der Waals surface area (Å²) in [7, 11) is 0. The van der Waals surface area contributed by atoms with E-state index in [4.69, 9.17) is 14.6 Å². The Morgan fingerprint density at radius 2 is 2.21 bits per heavy atom. The maximum Gasteiger partial charge on any atom is 0.410 e. The van der Waals surface area contributed by atoms with Crippen LogP contribution >= 0.6 is 0 Å². The third-order valence-corrected chi connectivity index (χ3v) is 3.15. The lowest BCUT2D eigenvalue weighted by Crippen LogP contribution is -2.52. The van der Waals surface area contributed by atoms with Gasteiger partial charge >= 0.3 is 6.09 Å². The van der Waals surface area contributed by atoms with Gasteiger partial charge in [0.15, 0.2) is 0 Å². The van der Waals surface area contributed by atoms with Crippen molar-refractivity contribution >= 4 is 6.09 Å². The molecule has 0 aliphatic carbocycles. The average molecular weight is 265 g/mol. The van der Waals surface area contributed by atoms with Gasteiger partial charge in [-0.3, -0.25) is 0 Å². The largest absolute Gasteiger partial charge is 0.445 e. The first-order valence-corrected chi connectivity index (χ1v) is 6.40. The smallest absolute Gasteiger partial charge is 0.410 e. The number of hydrogen-bond acceptors (Lipinski definition) is 4. The standard InChI is InChI=1S/C14H19NO4/c1-11-9-18-13(8-16)7-15(11)14(17)19-10-12-5-3-2-4-6-12/h2-6,11,13,16H,7-10H2,1H3. The van der Waals surface area contributed by atoms with Crippen LogP contribution < -0.4 is 0 Å². The lowest BCUT2D eigenvalue weighted by atomic mass is 10.2. The fourth-order valence-electron chi connectivity index (χ4n) is 1.98. The van der Waals surface area contributed by atoms with E-state index >= 15 is 0 Å². The van der Waals surface area contributed by atoms with Gasteiger partial charge < -0.3 is 19.5 Å². The Bertz CT molecular complexity index is 409. The van der Waals surface area contributed by atoms with Gasteiger partial charge in [-0.25, -0.2) is 4.79 Å².